The monoisotopic (exact) mass is 286 g/mol. The summed E-state index contributed by atoms with van der Waals surface area (Å²) in [5, 5.41) is 18.7. The Balaban J connectivity index is 2.76. The highest BCUT2D eigenvalue weighted by molar-refractivity contribution is 9.10. The summed E-state index contributed by atoms with van der Waals surface area (Å²) in [4.78, 5) is 0. The summed E-state index contributed by atoms with van der Waals surface area (Å²) >= 11 is 3.53. The molecule has 0 saturated carbocycles. The highest BCUT2D eigenvalue weighted by Gasteiger charge is 2.18. The number of aryl methyl sites for hydroxylation is 3. The van der Waals surface area contributed by atoms with Gasteiger partial charge in [-0.2, -0.15) is 0 Å². The van der Waals surface area contributed by atoms with Crippen LogP contribution in [0, 0.1) is 13.8 Å². The summed E-state index contributed by atoms with van der Waals surface area (Å²) in [6.45, 7) is 5.59. The third-order valence-electron chi connectivity index (χ3n) is 2.79. The largest absolute Gasteiger partial charge is 0.393 e. The fourth-order valence-corrected chi connectivity index (χ4v) is 1.90. The maximum absolute atomic E-state index is 9.72. The summed E-state index contributed by atoms with van der Waals surface area (Å²) in [5.41, 5.74) is 2.64. The molecule has 0 saturated heterocycles. The van der Waals surface area contributed by atoms with Gasteiger partial charge in [0.2, 0.25) is 0 Å². The van der Waals surface area contributed by atoms with Crippen molar-refractivity contribution < 1.29 is 10.2 Å². The molecular weight excluding hydrogens is 268 g/mol. The molecule has 0 fully saturated rings. The van der Waals surface area contributed by atoms with Gasteiger partial charge in [0.1, 0.15) is 0 Å². The minimum absolute atomic E-state index is 0.193. The number of aliphatic hydroxyl groups is 2. The Morgan fingerprint density at radius 3 is 2.19 bits per heavy atom. The number of halogens is 1. The van der Waals surface area contributed by atoms with Crippen molar-refractivity contribution in [3.8, 4) is 0 Å². The zero-order chi connectivity index (χ0) is 12.3. The second-order valence-corrected chi connectivity index (χ2v) is 5.49. The standard InChI is InChI=1S/C13H19BrO2/c1-9-6-11(7-10(2)12(9)14)4-5-13(3,16)8-15/h6-7,15-16H,4-5,8H2,1-3H3. The lowest BCUT2D eigenvalue weighted by Gasteiger charge is -2.20. The number of hydrogen-bond acceptors (Lipinski definition) is 2. The van der Waals surface area contributed by atoms with Crippen LogP contribution in [0.1, 0.15) is 30.0 Å². The molecule has 0 amide bonds. The summed E-state index contributed by atoms with van der Waals surface area (Å²) in [5.74, 6) is 0. The highest BCUT2D eigenvalue weighted by atomic mass is 79.9. The molecule has 1 atom stereocenters. The molecule has 1 aromatic carbocycles. The first-order chi connectivity index (χ1) is 7.35. The van der Waals surface area contributed by atoms with Crippen LogP contribution in [0.5, 0.6) is 0 Å². The fourth-order valence-electron chi connectivity index (χ4n) is 1.67. The van der Waals surface area contributed by atoms with E-state index in [0.29, 0.717) is 6.42 Å². The van der Waals surface area contributed by atoms with Gasteiger partial charge in [0.15, 0.2) is 0 Å². The quantitative estimate of drug-likeness (QED) is 0.894. The van der Waals surface area contributed by atoms with Crippen molar-refractivity contribution in [2.24, 2.45) is 0 Å². The van der Waals surface area contributed by atoms with Gasteiger partial charge in [-0.05, 0) is 50.3 Å². The van der Waals surface area contributed by atoms with Crippen molar-refractivity contribution in [2.75, 3.05) is 6.61 Å². The van der Waals surface area contributed by atoms with Crippen LogP contribution in [0.2, 0.25) is 0 Å². The van der Waals surface area contributed by atoms with E-state index in [1.54, 1.807) is 6.92 Å². The smallest absolute Gasteiger partial charge is 0.0852 e. The molecule has 0 aromatic heterocycles. The minimum Gasteiger partial charge on any atom is -0.393 e. The molecule has 0 radical (unpaired) electrons. The van der Waals surface area contributed by atoms with Gasteiger partial charge in [-0.25, -0.2) is 0 Å². The molecule has 0 spiro atoms. The van der Waals surface area contributed by atoms with Gasteiger partial charge in [-0.3, -0.25) is 0 Å². The number of aliphatic hydroxyl groups excluding tert-OH is 1. The van der Waals surface area contributed by atoms with Gasteiger partial charge in [-0.1, -0.05) is 28.1 Å². The van der Waals surface area contributed by atoms with Gasteiger partial charge < -0.3 is 10.2 Å². The van der Waals surface area contributed by atoms with Crippen LogP contribution in [-0.4, -0.2) is 22.4 Å². The van der Waals surface area contributed by atoms with Gasteiger partial charge in [0.05, 0.1) is 12.2 Å². The second kappa shape index (κ2) is 5.30. The lowest BCUT2D eigenvalue weighted by atomic mass is 9.96. The van der Waals surface area contributed by atoms with E-state index < -0.39 is 5.60 Å². The summed E-state index contributed by atoms with van der Waals surface area (Å²) in [6.07, 6.45) is 1.35. The maximum Gasteiger partial charge on any atom is 0.0852 e. The summed E-state index contributed by atoms with van der Waals surface area (Å²) in [7, 11) is 0. The van der Waals surface area contributed by atoms with E-state index in [1.165, 1.54) is 16.7 Å². The number of hydrogen-bond donors (Lipinski definition) is 2. The van der Waals surface area contributed by atoms with Crippen LogP contribution in [0.3, 0.4) is 0 Å². The molecule has 0 aliphatic rings. The topological polar surface area (TPSA) is 40.5 Å². The third kappa shape index (κ3) is 3.58. The van der Waals surface area contributed by atoms with Crippen LogP contribution in [0.4, 0.5) is 0 Å². The lowest BCUT2D eigenvalue weighted by molar-refractivity contribution is -0.00474. The first-order valence-electron chi connectivity index (χ1n) is 5.44. The molecule has 3 heteroatoms. The number of benzene rings is 1. The van der Waals surface area contributed by atoms with Crippen LogP contribution in [0.15, 0.2) is 16.6 Å². The molecular formula is C13H19BrO2. The predicted molar refractivity (Wildman–Crippen MR) is 69.6 cm³/mol. The van der Waals surface area contributed by atoms with E-state index in [1.807, 2.05) is 0 Å². The lowest BCUT2D eigenvalue weighted by Crippen LogP contribution is -2.29. The molecule has 1 rings (SSSR count). The zero-order valence-electron chi connectivity index (χ0n) is 10.0. The van der Waals surface area contributed by atoms with Gasteiger partial charge in [0, 0.05) is 4.47 Å². The highest BCUT2D eigenvalue weighted by Crippen LogP contribution is 2.24. The molecule has 0 aliphatic heterocycles. The van der Waals surface area contributed by atoms with E-state index >= 15 is 0 Å². The molecule has 16 heavy (non-hydrogen) atoms. The SMILES string of the molecule is Cc1cc(CCC(C)(O)CO)cc(C)c1Br. The molecule has 1 unspecified atom stereocenters. The summed E-state index contributed by atoms with van der Waals surface area (Å²) in [6, 6.07) is 4.23. The maximum atomic E-state index is 9.72. The Morgan fingerprint density at radius 2 is 1.75 bits per heavy atom. The van der Waals surface area contributed by atoms with Crippen molar-refractivity contribution in [1.29, 1.82) is 0 Å². The second-order valence-electron chi connectivity index (χ2n) is 4.70. The van der Waals surface area contributed by atoms with Crippen LogP contribution >= 0.6 is 15.9 Å². The third-order valence-corrected chi connectivity index (χ3v) is 4.04. The van der Waals surface area contributed by atoms with Gasteiger partial charge >= 0.3 is 0 Å². The van der Waals surface area contributed by atoms with E-state index in [-0.39, 0.29) is 6.61 Å². The van der Waals surface area contributed by atoms with E-state index in [0.717, 1.165) is 10.9 Å². The van der Waals surface area contributed by atoms with E-state index in [2.05, 4.69) is 41.9 Å². The van der Waals surface area contributed by atoms with E-state index in [9.17, 15) is 5.11 Å². The molecule has 0 heterocycles. The summed E-state index contributed by atoms with van der Waals surface area (Å²) < 4.78 is 1.14. The molecule has 1 aromatic rings. The fraction of sp³-hybridized carbons (Fsp3) is 0.538. The van der Waals surface area contributed by atoms with E-state index in [4.69, 9.17) is 5.11 Å². The Morgan fingerprint density at radius 1 is 1.25 bits per heavy atom. The van der Waals surface area contributed by atoms with Crippen molar-refractivity contribution in [3.05, 3.63) is 33.3 Å². The van der Waals surface area contributed by atoms with Crippen LogP contribution in [0.25, 0.3) is 0 Å². The van der Waals surface area contributed by atoms with Gasteiger partial charge in [0.25, 0.3) is 0 Å². The molecule has 2 nitrogen and oxygen atoms in total. The number of rotatable bonds is 4. The first-order valence-corrected chi connectivity index (χ1v) is 6.24. The average Bonchev–Trinajstić information content (AvgIpc) is 2.23. The normalized spacial score (nSPS) is 14.9. The predicted octanol–water partition coefficient (Wildman–Crippen LogP) is 2.74. The Hall–Kier alpha value is -0.380. The van der Waals surface area contributed by atoms with Crippen molar-refractivity contribution in [2.45, 2.75) is 39.2 Å². The van der Waals surface area contributed by atoms with Crippen molar-refractivity contribution >= 4 is 15.9 Å². The molecule has 2 N–H and O–H groups in total. The Labute approximate surface area is 105 Å². The molecule has 0 aliphatic carbocycles. The first kappa shape index (κ1) is 13.7. The van der Waals surface area contributed by atoms with Crippen LogP contribution < -0.4 is 0 Å². The zero-order valence-corrected chi connectivity index (χ0v) is 11.6. The average molecular weight is 287 g/mol. The van der Waals surface area contributed by atoms with Crippen molar-refractivity contribution in [3.63, 3.8) is 0 Å². The van der Waals surface area contributed by atoms with Gasteiger partial charge in [-0.15, -0.1) is 0 Å². The Kier molecular flexibility index (Phi) is 4.53. The van der Waals surface area contributed by atoms with Crippen LogP contribution in [-0.2, 0) is 6.42 Å². The molecule has 90 valence electrons. The molecule has 0 bridgehead atoms. The Bertz CT molecular complexity index is 349. The minimum atomic E-state index is -0.977. The van der Waals surface area contributed by atoms with Crippen molar-refractivity contribution in [1.82, 2.24) is 0 Å².